The quantitative estimate of drug-likeness (QED) is 0.620. The summed E-state index contributed by atoms with van der Waals surface area (Å²) in [7, 11) is -1.77. The molecule has 2 unspecified atom stereocenters. The molecular formula is C17H22N8O2S. The van der Waals surface area contributed by atoms with E-state index in [-0.39, 0.29) is 16.7 Å². The molecule has 0 aliphatic carbocycles. The fraction of sp³-hybridized carbons (Fsp3) is 0.529. The van der Waals surface area contributed by atoms with Gasteiger partial charge >= 0.3 is 0 Å². The Bertz CT molecular complexity index is 1120. The van der Waals surface area contributed by atoms with E-state index < -0.39 is 10.0 Å². The Morgan fingerprint density at radius 1 is 1.11 bits per heavy atom. The summed E-state index contributed by atoms with van der Waals surface area (Å²) in [5.74, 6) is 1.41. The number of aryl methyl sites for hydroxylation is 2. The van der Waals surface area contributed by atoms with E-state index in [9.17, 15) is 8.42 Å². The molecule has 0 amide bonds. The summed E-state index contributed by atoms with van der Waals surface area (Å²) in [5.41, 5.74) is 1.65. The number of sulfonamides is 1. The molecule has 0 saturated carbocycles. The minimum atomic E-state index is -3.49. The van der Waals surface area contributed by atoms with Gasteiger partial charge in [0.1, 0.15) is 11.2 Å². The van der Waals surface area contributed by atoms with Crippen LogP contribution in [-0.4, -0.2) is 68.2 Å². The van der Waals surface area contributed by atoms with Gasteiger partial charge in [-0.15, -0.1) is 0 Å². The number of rotatable bonds is 4. The van der Waals surface area contributed by atoms with Gasteiger partial charge in [0.15, 0.2) is 17.0 Å². The predicted molar refractivity (Wildman–Crippen MR) is 102 cm³/mol. The van der Waals surface area contributed by atoms with E-state index in [2.05, 4.69) is 31.9 Å². The maximum atomic E-state index is 12.9. The van der Waals surface area contributed by atoms with E-state index in [0.29, 0.717) is 13.1 Å². The lowest BCUT2D eigenvalue weighted by Gasteiger charge is -2.21. The Morgan fingerprint density at radius 2 is 1.86 bits per heavy atom. The summed E-state index contributed by atoms with van der Waals surface area (Å²) >= 11 is 0. The number of nitrogens with zero attached hydrogens (tertiary/aromatic N) is 8. The largest absolute Gasteiger partial charge is 0.354 e. The molecule has 28 heavy (non-hydrogen) atoms. The van der Waals surface area contributed by atoms with Gasteiger partial charge in [0.2, 0.25) is 10.0 Å². The molecule has 2 aliphatic rings. The maximum absolute atomic E-state index is 12.9. The maximum Gasteiger partial charge on any atom is 0.246 e. The number of fused-ring (bicyclic) bond motifs is 2. The van der Waals surface area contributed by atoms with Crippen LogP contribution in [0.1, 0.15) is 6.92 Å². The van der Waals surface area contributed by atoms with Crippen LogP contribution < -0.4 is 4.90 Å². The third-order valence-electron chi connectivity index (χ3n) is 5.79. The van der Waals surface area contributed by atoms with Crippen LogP contribution in [0, 0.1) is 11.8 Å². The molecule has 3 aromatic heterocycles. The van der Waals surface area contributed by atoms with Crippen LogP contribution in [0.5, 0.6) is 0 Å². The normalized spacial score (nSPS) is 23.0. The molecule has 2 aliphatic heterocycles. The molecule has 5 heterocycles. The van der Waals surface area contributed by atoms with Crippen LogP contribution in [0.2, 0.25) is 0 Å². The van der Waals surface area contributed by atoms with Gasteiger partial charge in [-0.1, -0.05) is 0 Å². The second-order valence-electron chi connectivity index (χ2n) is 7.50. The molecule has 11 heteroatoms. The van der Waals surface area contributed by atoms with Gasteiger partial charge in [0.05, 0.1) is 12.5 Å². The van der Waals surface area contributed by atoms with Crippen molar-refractivity contribution in [3.8, 4) is 0 Å². The average molecular weight is 402 g/mol. The minimum Gasteiger partial charge on any atom is -0.354 e. The van der Waals surface area contributed by atoms with Gasteiger partial charge in [-0.2, -0.15) is 9.40 Å². The van der Waals surface area contributed by atoms with E-state index in [1.165, 1.54) is 10.9 Å². The van der Waals surface area contributed by atoms with E-state index in [0.717, 1.165) is 36.6 Å². The topological polar surface area (TPSA) is 102 Å². The molecule has 5 rings (SSSR count). The summed E-state index contributed by atoms with van der Waals surface area (Å²) in [6.45, 7) is 5.45. The van der Waals surface area contributed by atoms with Gasteiger partial charge in [-0.05, 0) is 18.8 Å². The standard InChI is InChI=1S/C17H22N8O2S/c1-3-23-11-20-15-16(23)18-10-19-17(15)24-5-12-7-25(8-13(12)6-24)28(26,27)14-4-21-22(2)9-14/h4,9-13H,3,5-8H2,1-2H3. The zero-order valence-electron chi connectivity index (χ0n) is 15.8. The van der Waals surface area contributed by atoms with Crippen molar-refractivity contribution < 1.29 is 8.42 Å². The second kappa shape index (κ2) is 6.24. The Labute approximate surface area is 162 Å². The summed E-state index contributed by atoms with van der Waals surface area (Å²) in [4.78, 5) is 15.8. The van der Waals surface area contributed by atoms with E-state index in [4.69, 9.17) is 0 Å². The lowest BCUT2D eigenvalue weighted by Crippen LogP contribution is -2.33. The summed E-state index contributed by atoms with van der Waals surface area (Å²) in [6, 6.07) is 0. The van der Waals surface area contributed by atoms with E-state index in [1.54, 1.807) is 30.2 Å². The van der Waals surface area contributed by atoms with Crippen molar-refractivity contribution in [3.63, 3.8) is 0 Å². The smallest absolute Gasteiger partial charge is 0.246 e. The Balaban J connectivity index is 1.36. The predicted octanol–water partition coefficient (Wildman–Crippen LogP) is 0.337. The number of hydrogen-bond acceptors (Lipinski definition) is 7. The Kier molecular flexibility index (Phi) is 3.91. The highest BCUT2D eigenvalue weighted by molar-refractivity contribution is 7.89. The molecule has 3 aromatic rings. The van der Waals surface area contributed by atoms with Gasteiger partial charge in [-0.25, -0.2) is 23.4 Å². The third kappa shape index (κ3) is 2.60. The van der Waals surface area contributed by atoms with Gasteiger partial charge in [-0.3, -0.25) is 4.68 Å². The van der Waals surface area contributed by atoms with Crippen molar-refractivity contribution >= 4 is 27.0 Å². The number of aromatic nitrogens is 6. The lowest BCUT2D eigenvalue weighted by atomic mass is 10.0. The highest BCUT2D eigenvalue weighted by Gasteiger charge is 2.45. The van der Waals surface area contributed by atoms with Crippen LogP contribution in [0.4, 0.5) is 5.82 Å². The molecule has 0 radical (unpaired) electrons. The van der Waals surface area contributed by atoms with Crippen molar-refractivity contribution in [2.45, 2.75) is 18.4 Å². The highest BCUT2D eigenvalue weighted by Crippen LogP contribution is 2.37. The van der Waals surface area contributed by atoms with Crippen LogP contribution in [0.3, 0.4) is 0 Å². The van der Waals surface area contributed by atoms with Crippen LogP contribution >= 0.6 is 0 Å². The first-order valence-electron chi connectivity index (χ1n) is 9.37. The molecule has 0 bridgehead atoms. The molecule has 2 saturated heterocycles. The zero-order chi connectivity index (χ0) is 19.5. The first-order chi connectivity index (χ1) is 13.5. The Morgan fingerprint density at radius 3 is 2.50 bits per heavy atom. The van der Waals surface area contributed by atoms with Gasteiger partial charge < -0.3 is 9.47 Å². The zero-order valence-corrected chi connectivity index (χ0v) is 16.6. The van der Waals surface area contributed by atoms with Gasteiger partial charge in [0.25, 0.3) is 0 Å². The van der Waals surface area contributed by atoms with E-state index >= 15 is 0 Å². The third-order valence-corrected chi connectivity index (χ3v) is 7.58. The minimum absolute atomic E-state index is 0.259. The van der Waals surface area contributed by atoms with E-state index in [1.807, 2.05) is 4.57 Å². The fourth-order valence-corrected chi connectivity index (χ4v) is 5.87. The van der Waals surface area contributed by atoms with Crippen molar-refractivity contribution in [2.24, 2.45) is 18.9 Å². The monoisotopic (exact) mass is 402 g/mol. The highest BCUT2D eigenvalue weighted by atomic mass is 32.2. The molecular weight excluding hydrogens is 380 g/mol. The van der Waals surface area contributed by atoms with Crippen LogP contribution in [0.15, 0.2) is 29.9 Å². The molecule has 2 atom stereocenters. The van der Waals surface area contributed by atoms with Crippen LogP contribution in [-0.2, 0) is 23.6 Å². The molecule has 0 spiro atoms. The molecule has 0 N–H and O–H groups in total. The van der Waals surface area contributed by atoms with Crippen molar-refractivity contribution in [1.82, 2.24) is 33.6 Å². The lowest BCUT2D eigenvalue weighted by molar-refractivity contribution is 0.453. The summed E-state index contributed by atoms with van der Waals surface area (Å²) in [6.07, 6.45) is 6.34. The van der Waals surface area contributed by atoms with Gasteiger partial charge in [0, 0.05) is 46.0 Å². The van der Waals surface area contributed by atoms with Crippen molar-refractivity contribution in [3.05, 3.63) is 25.0 Å². The first kappa shape index (κ1) is 17.6. The van der Waals surface area contributed by atoms with Crippen LogP contribution in [0.25, 0.3) is 11.2 Å². The number of anilines is 1. The molecule has 10 nitrogen and oxygen atoms in total. The Hall–Kier alpha value is -2.53. The molecule has 0 aromatic carbocycles. The average Bonchev–Trinajstić information content (AvgIpc) is 3.43. The molecule has 2 fully saturated rings. The summed E-state index contributed by atoms with van der Waals surface area (Å²) in [5, 5.41) is 4.00. The summed E-state index contributed by atoms with van der Waals surface area (Å²) < 4.78 is 30.8. The number of hydrogen-bond donors (Lipinski definition) is 0. The number of imidazole rings is 1. The first-order valence-corrected chi connectivity index (χ1v) is 10.8. The second-order valence-corrected chi connectivity index (χ2v) is 9.43. The van der Waals surface area contributed by atoms with Crippen molar-refractivity contribution in [2.75, 3.05) is 31.1 Å². The fourth-order valence-electron chi connectivity index (χ4n) is 4.33. The molecule has 148 valence electrons. The SMILES string of the molecule is CCn1cnc2c(N3CC4CN(S(=O)(=O)c5cnn(C)c5)CC4C3)ncnc21. The van der Waals surface area contributed by atoms with Crippen molar-refractivity contribution in [1.29, 1.82) is 0 Å².